The number of hydrogen-bond donors (Lipinski definition) is 2. The van der Waals surface area contributed by atoms with Gasteiger partial charge in [-0.2, -0.15) is 0 Å². The van der Waals surface area contributed by atoms with E-state index < -0.39 is 0 Å². The standard InChI is InChI=1S/C19H24N2O3/c1-3-24-12-11-20-14-15-5-4-6-17(13-15)21-19(22)16-7-9-18(23-2)10-8-16/h4-10,13,20H,3,11-12,14H2,1-2H3,(H,21,22). The zero-order valence-electron chi connectivity index (χ0n) is 14.2. The highest BCUT2D eigenvalue weighted by molar-refractivity contribution is 6.04. The van der Waals surface area contributed by atoms with Gasteiger partial charge in [0.2, 0.25) is 0 Å². The fourth-order valence-electron chi connectivity index (χ4n) is 2.23. The Morgan fingerprint density at radius 3 is 2.62 bits per heavy atom. The van der Waals surface area contributed by atoms with E-state index in [1.165, 1.54) is 0 Å². The van der Waals surface area contributed by atoms with E-state index in [2.05, 4.69) is 10.6 Å². The molecule has 0 bridgehead atoms. The molecular weight excluding hydrogens is 304 g/mol. The average molecular weight is 328 g/mol. The third-order valence-electron chi connectivity index (χ3n) is 3.49. The van der Waals surface area contributed by atoms with Crippen LogP contribution in [0.2, 0.25) is 0 Å². The largest absolute Gasteiger partial charge is 0.497 e. The van der Waals surface area contributed by atoms with Gasteiger partial charge in [-0.3, -0.25) is 4.79 Å². The highest BCUT2D eigenvalue weighted by atomic mass is 16.5. The Morgan fingerprint density at radius 1 is 1.12 bits per heavy atom. The van der Waals surface area contributed by atoms with Crippen LogP contribution in [0.5, 0.6) is 5.75 Å². The molecule has 0 radical (unpaired) electrons. The lowest BCUT2D eigenvalue weighted by atomic mass is 10.1. The van der Waals surface area contributed by atoms with Crippen molar-refractivity contribution in [3.63, 3.8) is 0 Å². The summed E-state index contributed by atoms with van der Waals surface area (Å²) in [4.78, 5) is 12.3. The quantitative estimate of drug-likeness (QED) is 0.695. The predicted molar refractivity (Wildman–Crippen MR) is 95.6 cm³/mol. The number of benzene rings is 2. The Bertz CT molecular complexity index is 641. The van der Waals surface area contributed by atoms with Gasteiger partial charge in [0.1, 0.15) is 5.75 Å². The van der Waals surface area contributed by atoms with Crippen LogP contribution in [0, 0.1) is 0 Å². The number of methoxy groups -OCH3 is 1. The number of anilines is 1. The Labute approximate surface area is 143 Å². The van der Waals surface area contributed by atoms with Gasteiger partial charge in [0, 0.05) is 30.9 Å². The molecule has 128 valence electrons. The summed E-state index contributed by atoms with van der Waals surface area (Å²) in [5.41, 5.74) is 2.48. The van der Waals surface area contributed by atoms with E-state index in [1.807, 2.05) is 31.2 Å². The molecule has 24 heavy (non-hydrogen) atoms. The molecule has 0 unspecified atom stereocenters. The first-order valence-electron chi connectivity index (χ1n) is 8.05. The van der Waals surface area contributed by atoms with Crippen LogP contribution in [0.3, 0.4) is 0 Å². The van der Waals surface area contributed by atoms with Crippen LogP contribution in [0.15, 0.2) is 48.5 Å². The predicted octanol–water partition coefficient (Wildman–Crippen LogP) is 3.07. The molecule has 1 amide bonds. The van der Waals surface area contributed by atoms with Crippen LogP contribution < -0.4 is 15.4 Å². The Balaban J connectivity index is 1.89. The highest BCUT2D eigenvalue weighted by Gasteiger charge is 2.06. The summed E-state index contributed by atoms with van der Waals surface area (Å²) >= 11 is 0. The van der Waals surface area contributed by atoms with Crippen molar-refractivity contribution in [2.45, 2.75) is 13.5 Å². The van der Waals surface area contributed by atoms with Gasteiger partial charge in [-0.15, -0.1) is 0 Å². The third kappa shape index (κ3) is 5.68. The highest BCUT2D eigenvalue weighted by Crippen LogP contribution is 2.15. The number of carbonyl (C=O) groups excluding carboxylic acids is 1. The number of rotatable bonds is 9. The van der Waals surface area contributed by atoms with Gasteiger partial charge in [-0.05, 0) is 48.9 Å². The molecule has 2 aromatic carbocycles. The lowest BCUT2D eigenvalue weighted by Crippen LogP contribution is -2.19. The second-order valence-electron chi connectivity index (χ2n) is 5.26. The van der Waals surface area contributed by atoms with Crippen molar-refractivity contribution < 1.29 is 14.3 Å². The zero-order valence-corrected chi connectivity index (χ0v) is 14.2. The van der Waals surface area contributed by atoms with Crippen LogP contribution in [-0.2, 0) is 11.3 Å². The van der Waals surface area contributed by atoms with Crippen molar-refractivity contribution in [2.24, 2.45) is 0 Å². The molecule has 0 fully saturated rings. The molecule has 0 aliphatic rings. The Hall–Kier alpha value is -2.37. The maximum Gasteiger partial charge on any atom is 0.255 e. The molecule has 5 nitrogen and oxygen atoms in total. The number of ether oxygens (including phenoxy) is 2. The summed E-state index contributed by atoms with van der Waals surface area (Å²) in [6.45, 7) is 4.95. The van der Waals surface area contributed by atoms with Crippen LogP contribution in [0.25, 0.3) is 0 Å². The minimum Gasteiger partial charge on any atom is -0.497 e. The van der Waals surface area contributed by atoms with Gasteiger partial charge in [0.25, 0.3) is 5.91 Å². The van der Waals surface area contributed by atoms with E-state index in [0.29, 0.717) is 12.2 Å². The summed E-state index contributed by atoms with van der Waals surface area (Å²) in [7, 11) is 1.60. The minimum atomic E-state index is -0.140. The second-order valence-corrected chi connectivity index (χ2v) is 5.26. The molecule has 2 rings (SSSR count). The minimum absolute atomic E-state index is 0.140. The Kier molecular flexibility index (Phi) is 7.26. The van der Waals surface area contributed by atoms with E-state index >= 15 is 0 Å². The maximum absolute atomic E-state index is 12.3. The molecule has 0 aromatic heterocycles. The first kappa shape index (κ1) is 18.0. The number of amides is 1. The van der Waals surface area contributed by atoms with E-state index in [9.17, 15) is 4.79 Å². The maximum atomic E-state index is 12.3. The summed E-state index contributed by atoms with van der Waals surface area (Å²) in [5.74, 6) is 0.589. The van der Waals surface area contributed by atoms with Crippen LogP contribution in [0.4, 0.5) is 5.69 Å². The van der Waals surface area contributed by atoms with Crippen LogP contribution in [-0.4, -0.2) is 32.8 Å². The first-order chi connectivity index (χ1) is 11.7. The monoisotopic (exact) mass is 328 g/mol. The number of hydrogen-bond acceptors (Lipinski definition) is 4. The summed E-state index contributed by atoms with van der Waals surface area (Å²) in [5, 5.41) is 6.22. The first-order valence-corrected chi connectivity index (χ1v) is 8.05. The molecule has 0 heterocycles. The fraction of sp³-hybridized carbons (Fsp3) is 0.316. The smallest absolute Gasteiger partial charge is 0.255 e. The topological polar surface area (TPSA) is 59.6 Å². The molecule has 5 heteroatoms. The van der Waals surface area contributed by atoms with Gasteiger partial charge in [0.05, 0.1) is 13.7 Å². The molecule has 0 aliphatic carbocycles. The van der Waals surface area contributed by atoms with E-state index in [-0.39, 0.29) is 5.91 Å². The Morgan fingerprint density at radius 2 is 1.92 bits per heavy atom. The molecular formula is C19H24N2O3. The van der Waals surface area contributed by atoms with Crippen LogP contribution in [0.1, 0.15) is 22.8 Å². The van der Waals surface area contributed by atoms with E-state index in [4.69, 9.17) is 9.47 Å². The van der Waals surface area contributed by atoms with Gasteiger partial charge < -0.3 is 20.1 Å². The molecule has 2 N–H and O–H groups in total. The lowest BCUT2D eigenvalue weighted by molar-refractivity contribution is 0.102. The summed E-state index contributed by atoms with van der Waals surface area (Å²) in [6, 6.07) is 14.8. The van der Waals surface area contributed by atoms with Crippen molar-refractivity contribution >= 4 is 11.6 Å². The molecule has 2 aromatic rings. The lowest BCUT2D eigenvalue weighted by Gasteiger charge is -2.09. The molecule has 0 saturated carbocycles. The average Bonchev–Trinajstić information content (AvgIpc) is 2.62. The number of carbonyl (C=O) groups is 1. The SMILES string of the molecule is CCOCCNCc1cccc(NC(=O)c2ccc(OC)cc2)c1. The molecule has 0 saturated heterocycles. The fourth-order valence-corrected chi connectivity index (χ4v) is 2.23. The van der Waals surface area contributed by atoms with Gasteiger partial charge in [-0.25, -0.2) is 0 Å². The van der Waals surface area contributed by atoms with Gasteiger partial charge in [0.15, 0.2) is 0 Å². The summed E-state index contributed by atoms with van der Waals surface area (Å²) in [6.07, 6.45) is 0. The van der Waals surface area contributed by atoms with Crippen molar-refractivity contribution in [3.8, 4) is 5.75 Å². The van der Waals surface area contributed by atoms with Crippen molar-refractivity contribution in [2.75, 3.05) is 32.2 Å². The molecule has 0 atom stereocenters. The molecule has 0 aliphatic heterocycles. The third-order valence-corrected chi connectivity index (χ3v) is 3.49. The van der Waals surface area contributed by atoms with Gasteiger partial charge >= 0.3 is 0 Å². The van der Waals surface area contributed by atoms with Crippen molar-refractivity contribution in [1.82, 2.24) is 5.32 Å². The van der Waals surface area contributed by atoms with Gasteiger partial charge in [-0.1, -0.05) is 12.1 Å². The van der Waals surface area contributed by atoms with Crippen molar-refractivity contribution in [3.05, 3.63) is 59.7 Å². The van der Waals surface area contributed by atoms with Crippen LogP contribution >= 0.6 is 0 Å². The zero-order chi connectivity index (χ0) is 17.2. The van der Waals surface area contributed by atoms with E-state index in [0.717, 1.165) is 36.7 Å². The van der Waals surface area contributed by atoms with E-state index in [1.54, 1.807) is 31.4 Å². The van der Waals surface area contributed by atoms with Crippen molar-refractivity contribution in [1.29, 1.82) is 0 Å². The second kappa shape index (κ2) is 9.70. The normalized spacial score (nSPS) is 10.4. The number of nitrogens with one attached hydrogen (secondary N) is 2. The summed E-state index contributed by atoms with van der Waals surface area (Å²) < 4.78 is 10.4. The molecule has 0 spiro atoms.